The summed E-state index contributed by atoms with van der Waals surface area (Å²) in [7, 11) is 0. The summed E-state index contributed by atoms with van der Waals surface area (Å²) >= 11 is 0. The van der Waals surface area contributed by atoms with E-state index in [1.165, 1.54) is 5.56 Å². The zero-order chi connectivity index (χ0) is 14.7. The van der Waals surface area contributed by atoms with Crippen LogP contribution in [0.4, 0.5) is 0 Å². The highest BCUT2D eigenvalue weighted by Crippen LogP contribution is 2.19. The van der Waals surface area contributed by atoms with E-state index < -0.39 is 0 Å². The summed E-state index contributed by atoms with van der Waals surface area (Å²) in [6.45, 7) is 5.52. The topological polar surface area (TPSA) is 40.6 Å². The fourth-order valence-corrected chi connectivity index (χ4v) is 3.21. The highest BCUT2D eigenvalue weighted by Gasteiger charge is 2.34. The van der Waals surface area contributed by atoms with Crippen LogP contribution in [-0.4, -0.2) is 54.1 Å². The molecular weight excluding hydrogens is 264 g/mol. The lowest BCUT2D eigenvalue weighted by Gasteiger charge is -2.35. The fraction of sp³-hybridized carbons (Fsp3) is 0.529. The van der Waals surface area contributed by atoms with Crippen LogP contribution in [0.15, 0.2) is 30.3 Å². The number of Topliss-reactive ketones (excluding diaryl/α,β-unsaturated/α-hetero) is 2. The van der Waals surface area contributed by atoms with Crippen molar-refractivity contribution in [2.75, 3.05) is 32.7 Å². The summed E-state index contributed by atoms with van der Waals surface area (Å²) in [5.41, 5.74) is 1.34. The quantitative estimate of drug-likeness (QED) is 0.784. The van der Waals surface area contributed by atoms with Gasteiger partial charge >= 0.3 is 0 Å². The van der Waals surface area contributed by atoms with Crippen molar-refractivity contribution in [1.29, 1.82) is 0 Å². The first kappa shape index (κ1) is 14.4. The Morgan fingerprint density at radius 3 is 2.05 bits per heavy atom. The summed E-state index contributed by atoms with van der Waals surface area (Å²) in [5, 5.41) is 0. The van der Waals surface area contributed by atoms with E-state index in [0.717, 1.165) is 32.7 Å². The van der Waals surface area contributed by atoms with Crippen LogP contribution in [0, 0.1) is 5.92 Å². The Kier molecular flexibility index (Phi) is 4.46. The van der Waals surface area contributed by atoms with E-state index in [4.69, 9.17) is 0 Å². The van der Waals surface area contributed by atoms with E-state index in [2.05, 4.69) is 34.1 Å². The number of ketones is 2. The molecule has 0 amide bonds. The smallest absolute Gasteiger partial charge is 0.145 e. The van der Waals surface area contributed by atoms with Crippen LogP contribution in [0.5, 0.6) is 0 Å². The second-order valence-corrected chi connectivity index (χ2v) is 6.05. The SMILES string of the molecule is O=C1CCC(=O)C1CN1CCN(Cc2ccccc2)CC1. The number of benzene rings is 1. The molecule has 0 bridgehead atoms. The van der Waals surface area contributed by atoms with Crippen LogP contribution < -0.4 is 0 Å². The Labute approximate surface area is 125 Å². The highest BCUT2D eigenvalue weighted by atomic mass is 16.2. The van der Waals surface area contributed by atoms with Gasteiger partial charge in [-0.05, 0) is 5.56 Å². The van der Waals surface area contributed by atoms with Crippen molar-refractivity contribution < 1.29 is 9.59 Å². The zero-order valence-electron chi connectivity index (χ0n) is 12.3. The molecule has 3 rings (SSSR count). The normalized spacial score (nSPS) is 22.1. The van der Waals surface area contributed by atoms with E-state index in [-0.39, 0.29) is 17.5 Å². The van der Waals surface area contributed by atoms with Crippen LogP contribution in [0.3, 0.4) is 0 Å². The number of hydrogen-bond donors (Lipinski definition) is 0. The zero-order valence-corrected chi connectivity index (χ0v) is 12.3. The van der Waals surface area contributed by atoms with E-state index in [0.29, 0.717) is 19.4 Å². The predicted molar refractivity (Wildman–Crippen MR) is 80.9 cm³/mol. The number of carbonyl (C=O) groups is 2. The van der Waals surface area contributed by atoms with Crippen LogP contribution >= 0.6 is 0 Å². The largest absolute Gasteiger partial charge is 0.300 e. The third kappa shape index (κ3) is 3.57. The lowest BCUT2D eigenvalue weighted by atomic mass is 10.1. The molecule has 1 aliphatic carbocycles. The minimum absolute atomic E-state index is 0.145. The van der Waals surface area contributed by atoms with Gasteiger partial charge in [-0.2, -0.15) is 0 Å². The van der Waals surface area contributed by atoms with Gasteiger partial charge in [-0.25, -0.2) is 0 Å². The maximum absolute atomic E-state index is 11.7. The van der Waals surface area contributed by atoms with Gasteiger partial charge in [0, 0.05) is 52.1 Å². The molecule has 1 saturated heterocycles. The average molecular weight is 286 g/mol. The first-order chi connectivity index (χ1) is 10.2. The molecule has 0 atom stereocenters. The van der Waals surface area contributed by atoms with Gasteiger partial charge in [0.25, 0.3) is 0 Å². The maximum atomic E-state index is 11.7. The van der Waals surface area contributed by atoms with Crippen LogP contribution in [0.25, 0.3) is 0 Å². The molecule has 1 aromatic carbocycles. The monoisotopic (exact) mass is 286 g/mol. The second kappa shape index (κ2) is 6.50. The Bertz CT molecular complexity index is 491. The van der Waals surface area contributed by atoms with Gasteiger partial charge in [-0.1, -0.05) is 30.3 Å². The number of nitrogens with zero attached hydrogens (tertiary/aromatic N) is 2. The van der Waals surface area contributed by atoms with Crippen molar-refractivity contribution in [3.05, 3.63) is 35.9 Å². The van der Waals surface area contributed by atoms with Crippen molar-refractivity contribution >= 4 is 11.6 Å². The van der Waals surface area contributed by atoms with Crippen LogP contribution in [-0.2, 0) is 16.1 Å². The molecule has 112 valence electrons. The number of piperazine rings is 1. The maximum Gasteiger partial charge on any atom is 0.145 e. The third-order valence-corrected chi connectivity index (χ3v) is 4.55. The Morgan fingerprint density at radius 1 is 0.857 bits per heavy atom. The molecule has 0 aromatic heterocycles. The van der Waals surface area contributed by atoms with Gasteiger partial charge in [-0.15, -0.1) is 0 Å². The summed E-state index contributed by atoms with van der Waals surface area (Å²) in [4.78, 5) is 28.1. The molecule has 1 saturated carbocycles. The Morgan fingerprint density at radius 2 is 1.43 bits per heavy atom. The lowest BCUT2D eigenvalue weighted by molar-refractivity contribution is -0.128. The molecule has 0 N–H and O–H groups in total. The predicted octanol–water partition coefficient (Wildman–Crippen LogP) is 1.35. The molecule has 0 spiro atoms. The molecule has 1 aromatic rings. The van der Waals surface area contributed by atoms with Crippen molar-refractivity contribution in [3.63, 3.8) is 0 Å². The molecule has 1 aliphatic heterocycles. The van der Waals surface area contributed by atoms with E-state index in [9.17, 15) is 9.59 Å². The molecule has 4 nitrogen and oxygen atoms in total. The second-order valence-electron chi connectivity index (χ2n) is 6.05. The summed E-state index contributed by atoms with van der Waals surface area (Å²) in [5.74, 6) is -0.0518. The summed E-state index contributed by atoms with van der Waals surface area (Å²) < 4.78 is 0. The minimum Gasteiger partial charge on any atom is -0.300 e. The lowest BCUT2D eigenvalue weighted by Crippen LogP contribution is -2.48. The number of carbonyl (C=O) groups excluding carboxylic acids is 2. The molecular formula is C17H22N2O2. The fourth-order valence-electron chi connectivity index (χ4n) is 3.21. The Hall–Kier alpha value is -1.52. The van der Waals surface area contributed by atoms with Crippen LogP contribution in [0.1, 0.15) is 18.4 Å². The molecule has 4 heteroatoms. The van der Waals surface area contributed by atoms with Crippen LogP contribution in [0.2, 0.25) is 0 Å². The van der Waals surface area contributed by atoms with Crippen molar-refractivity contribution in [3.8, 4) is 0 Å². The van der Waals surface area contributed by atoms with Gasteiger partial charge in [-0.3, -0.25) is 19.4 Å². The van der Waals surface area contributed by atoms with Crippen molar-refractivity contribution in [2.24, 2.45) is 5.92 Å². The molecule has 21 heavy (non-hydrogen) atoms. The van der Waals surface area contributed by atoms with E-state index in [1.54, 1.807) is 0 Å². The summed E-state index contributed by atoms with van der Waals surface area (Å²) in [6, 6.07) is 10.5. The van der Waals surface area contributed by atoms with E-state index >= 15 is 0 Å². The van der Waals surface area contributed by atoms with Gasteiger partial charge in [0.05, 0.1) is 5.92 Å². The third-order valence-electron chi connectivity index (χ3n) is 4.55. The highest BCUT2D eigenvalue weighted by molar-refractivity contribution is 6.08. The van der Waals surface area contributed by atoms with Gasteiger partial charge in [0.2, 0.25) is 0 Å². The van der Waals surface area contributed by atoms with Crippen molar-refractivity contribution in [1.82, 2.24) is 9.80 Å². The van der Waals surface area contributed by atoms with Gasteiger partial charge < -0.3 is 0 Å². The number of hydrogen-bond acceptors (Lipinski definition) is 4. The van der Waals surface area contributed by atoms with Gasteiger partial charge in [0.15, 0.2) is 0 Å². The Balaban J connectivity index is 1.47. The molecule has 0 unspecified atom stereocenters. The molecule has 1 heterocycles. The van der Waals surface area contributed by atoms with Gasteiger partial charge in [0.1, 0.15) is 11.6 Å². The molecule has 0 radical (unpaired) electrons. The minimum atomic E-state index is -0.342. The standard InChI is InChI=1S/C17H22N2O2/c20-16-6-7-17(21)15(16)13-19-10-8-18(9-11-19)12-14-4-2-1-3-5-14/h1-5,15H,6-13H2. The van der Waals surface area contributed by atoms with Crippen molar-refractivity contribution in [2.45, 2.75) is 19.4 Å². The molecule has 2 fully saturated rings. The summed E-state index contributed by atoms with van der Waals surface area (Å²) in [6.07, 6.45) is 0.912. The first-order valence-corrected chi connectivity index (χ1v) is 7.76. The first-order valence-electron chi connectivity index (χ1n) is 7.76. The molecule has 2 aliphatic rings. The average Bonchev–Trinajstić information content (AvgIpc) is 2.82. The number of rotatable bonds is 4. The van der Waals surface area contributed by atoms with E-state index in [1.807, 2.05) is 6.07 Å².